The van der Waals surface area contributed by atoms with Gasteiger partial charge in [0.05, 0.1) is 12.2 Å². The zero-order valence-electron chi connectivity index (χ0n) is 25.4. The number of carbonyl (C=O) groups is 2. The summed E-state index contributed by atoms with van der Waals surface area (Å²) in [5.41, 5.74) is 3.09. The summed E-state index contributed by atoms with van der Waals surface area (Å²) < 4.78 is 34.3. The topological polar surface area (TPSA) is 89.5 Å². The van der Waals surface area contributed by atoms with E-state index in [4.69, 9.17) is 28.4 Å². The summed E-state index contributed by atoms with van der Waals surface area (Å²) in [6, 6.07) is 38.3. The maximum absolute atomic E-state index is 13.8. The van der Waals surface area contributed by atoms with Crippen molar-refractivity contribution in [2.45, 2.75) is 19.8 Å². The second kappa shape index (κ2) is 16.6. The number of hydrogen-bond acceptors (Lipinski definition) is 8. The van der Waals surface area contributed by atoms with Crippen LogP contribution in [-0.4, -0.2) is 32.3 Å². The fourth-order valence-corrected chi connectivity index (χ4v) is 4.48. The number of ether oxygens (including phenoxy) is 6. The first kappa shape index (κ1) is 32.0. The number of methoxy groups -OCH3 is 1. The van der Waals surface area contributed by atoms with Gasteiger partial charge in [-0.05, 0) is 41.0 Å². The van der Waals surface area contributed by atoms with E-state index in [1.54, 1.807) is 30.3 Å². The lowest BCUT2D eigenvalue weighted by Gasteiger charge is -2.18. The van der Waals surface area contributed by atoms with Crippen LogP contribution in [0.15, 0.2) is 127 Å². The SMILES string of the molecule is COCOc1ccc(C(=O)Oc2cc(OCc3ccccc3)cc(OCc3ccccc3)c2C(=O)COCc2ccccc2)cc1. The molecule has 0 radical (unpaired) electrons. The number of ketones is 1. The van der Waals surface area contributed by atoms with Crippen molar-refractivity contribution in [3.8, 4) is 23.0 Å². The fourth-order valence-electron chi connectivity index (χ4n) is 4.48. The van der Waals surface area contributed by atoms with Gasteiger partial charge in [-0.2, -0.15) is 0 Å². The van der Waals surface area contributed by atoms with Crippen molar-refractivity contribution in [2.24, 2.45) is 0 Å². The quantitative estimate of drug-likeness (QED) is 0.0488. The second-order valence-electron chi connectivity index (χ2n) is 10.2. The van der Waals surface area contributed by atoms with Gasteiger partial charge in [-0.1, -0.05) is 91.0 Å². The minimum atomic E-state index is -0.674. The Bertz CT molecular complexity index is 1690. The molecular formula is C38H34O8. The van der Waals surface area contributed by atoms with Crippen molar-refractivity contribution in [3.05, 3.63) is 155 Å². The van der Waals surface area contributed by atoms with Crippen molar-refractivity contribution in [1.82, 2.24) is 0 Å². The van der Waals surface area contributed by atoms with E-state index in [9.17, 15) is 9.59 Å². The molecule has 8 heteroatoms. The van der Waals surface area contributed by atoms with Gasteiger partial charge in [0.25, 0.3) is 0 Å². The molecule has 0 saturated heterocycles. The Morgan fingerprint density at radius 1 is 0.565 bits per heavy atom. The molecule has 0 atom stereocenters. The first-order valence-electron chi connectivity index (χ1n) is 14.7. The number of Topliss-reactive ketones (excluding diaryl/α,β-unsaturated/α-hetero) is 1. The van der Waals surface area contributed by atoms with Crippen LogP contribution in [0.5, 0.6) is 23.0 Å². The van der Waals surface area contributed by atoms with Gasteiger partial charge in [0.15, 0.2) is 12.6 Å². The lowest BCUT2D eigenvalue weighted by atomic mass is 10.1. The molecule has 0 amide bonds. The van der Waals surface area contributed by atoms with Gasteiger partial charge in [0.2, 0.25) is 0 Å². The molecule has 0 aliphatic rings. The minimum absolute atomic E-state index is 0.00774. The smallest absolute Gasteiger partial charge is 0.343 e. The van der Waals surface area contributed by atoms with Gasteiger partial charge in [-0.15, -0.1) is 0 Å². The maximum Gasteiger partial charge on any atom is 0.343 e. The Morgan fingerprint density at radius 2 is 1.11 bits per heavy atom. The Labute approximate surface area is 268 Å². The van der Waals surface area contributed by atoms with Crippen molar-refractivity contribution < 1.29 is 38.0 Å². The molecule has 0 N–H and O–H groups in total. The molecule has 0 fully saturated rings. The third-order valence-electron chi connectivity index (χ3n) is 6.78. The summed E-state index contributed by atoms with van der Waals surface area (Å²) >= 11 is 0. The highest BCUT2D eigenvalue weighted by atomic mass is 16.7. The van der Waals surface area contributed by atoms with Crippen LogP contribution in [0.4, 0.5) is 0 Å². The zero-order chi connectivity index (χ0) is 32.0. The van der Waals surface area contributed by atoms with Gasteiger partial charge in [0.1, 0.15) is 48.4 Å². The van der Waals surface area contributed by atoms with Crippen molar-refractivity contribution in [1.29, 1.82) is 0 Å². The third kappa shape index (κ3) is 9.28. The Hall–Kier alpha value is -5.44. The highest BCUT2D eigenvalue weighted by Crippen LogP contribution is 2.36. The van der Waals surface area contributed by atoms with Crippen LogP contribution in [-0.2, 0) is 29.3 Å². The monoisotopic (exact) mass is 618 g/mol. The molecule has 0 spiro atoms. The molecule has 5 rings (SSSR count). The first-order chi connectivity index (χ1) is 22.6. The number of rotatable bonds is 16. The molecule has 8 nitrogen and oxygen atoms in total. The van der Waals surface area contributed by atoms with E-state index in [1.165, 1.54) is 13.2 Å². The van der Waals surface area contributed by atoms with Crippen LogP contribution in [0.25, 0.3) is 0 Å². The van der Waals surface area contributed by atoms with Gasteiger partial charge in [0, 0.05) is 19.2 Å². The molecule has 0 heterocycles. The lowest BCUT2D eigenvalue weighted by Crippen LogP contribution is -2.16. The summed E-state index contributed by atoms with van der Waals surface area (Å²) in [6.07, 6.45) is 0. The largest absolute Gasteiger partial charge is 0.489 e. The zero-order valence-corrected chi connectivity index (χ0v) is 25.4. The van der Waals surface area contributed by atoms with Crippen LogP contribution in [0.2, 0.25) is 0 Å². The van der Waals surface area contributed by atoms with E-state index in [1.807, 2.05) is 91.0 Å². The second-order valence-corrected chi connectivity index (χ2v) is 10.2. The summed E-state index contributed by atoms with van der Waals surface area (Å²) in [4.78, 5) is 27.2. The van der Waals surface area contributed by atoms with Crippen LogP contribution in [0, 0.1) is 0 Å². The Morgan fingerprint density at radius 3 is 1.70 bits per heavy atom. The molecule has 0 aromatic heterocycles. The molecular weight excluding hydrogens is 584 g/mol. The molecule has 0 unspecified atom stereocenters. The molecule has 0 aliphatic heterocycles. The summed E-state index contributed by atoms with van der Waals surface area (Å²) in [6.45, 7) is 0.463. The molecule has 234 valence electrons. The maximum atomic E-state index is 13.8. The van der Waals surface area contributed by atoms with Crippen LogP contribution in [0.1, 0.15) is 37.4 Å². The third-order valence-corrected chi connectivity index (χ3v) is 6.78. The van der Waals surface area contributed by atoms with Gasteiger partial charge in [-0.25, -0.2) is 4.79 Å². The van der Waals surface area contributed by atoms with Crippen LogP contribution in [0.3, 0.4) is 0 Å². The van der Waals surface area contributed by atoms with E-state index in [-0.39, 0.29) is 55.8 Å². The number of hydrogen-bond donors (Lipinski definition) is 0. The Kier molecular flexibility index (Phi) is 11.5. The summed E-state index contributed by atoms with van der Waals surface area (Å²) in [5.74, 6) is -0.00974. The molecule has 5 aromatic carbocycles. The fraction of sp³-hybridized carbons (Fsp3) is 0.158. The highest BCUT2D eigenvalue weighted by molar-refractivity contribution is 6.04. The number of benzene rings is 5. The van der Waals surface area contributed by atoms with E-state index in [2.05, 4.69) is 0 Å². The average Bonchev–Trinajstić information content (AvgIpc) is 3.10. The lowest BCUT2D eigenvalue weighted by molar-refractivity contribution is 0.0511. The predicted molar refractivity (Wildman–Crippen MR) is 172 cm³/mol. The molecule has 0 aliphatic carbocycles. The summed E-state index contributed by atoms with van der Waals surface area (Å²) in [5, 5.41) is 0. The standard InChI is InChI=1S/C38H34O8/c1-41-27-45-32-19-17-31(18-20-32)38(40)46-36-22-33(43-24-29-13-7-3-8-14-29)21-35(44-25-30-15-9-4-10-16-30)37(36)34(39)26-42-23-28-11-5-2-6-12-28/h2-22H,23-27H2,1H3. The predicted octanol–water partition coefficient (Wildman–Crippen LogP) is 7.45. The normalized spacial score (nSPS) is 10.6. The molecule has 0 saturated carbocycles. The summed E-state index contributed by atoms with van der Waals surface area (Å²) in [7, 11) is 1.52. The van der Waals surface area contributed by atoms with Gasteiger partial charge < -0.3 is 28.4 Å². The van der Waals surface area contributed by atoms with E-state index < -0.39 is 11.8 Å². The van der Waals surface area contributed by atoms with E-state index in [0.29, 0.717) is 11.5 Å². The molecule has 5 aromatic rings. The number of carbonyl (C=O) groups excluding carboxylic acids is 2. The average molecular weight is 619 g/mol. The van der Waals surface area contributed by atoms with Crippen LogP contribution >= 0.6 is 0 Å². The minimum Gasteiger partial charge on any atom is -0.489 e. The van der Waals surface area contributed by atoms with Gasteiger partial charge >= 0.3 is 5.97 Å². The van der Waals surface area contributed by atoms with Crippen LogP contribution < -0.4 is 18.9 Å². The van der Waals surface area contributed by atoms with Crippen molar-refractivity contribution >= 4 is 11.8 Å². The molecule has 0 bridgehead atoms. The molecule has 46 heavy (non-hydrogen) atoms. The first-order valence-corrected chi connectivity index (χ1v) is 14.7. The van der Waals surface area contributed by atoms with Gasteiger partial charge in [-0.3, -0.25) is 4.79 Å². The Balaban J connectivity index is 1.45. The van der Waals surface area contributed by atoms with E-state index >= 15 is 0 Å². The van der Waals surface area contributed by atoms with Crippen molar-refractivity contribution in [2.75, 3.05) is 20.5 Å². The van der Waals surface area contributed by atoms with E-state index in [0.717, 1.165) is 16.7 Å². The number of esters is 1. The highest BCUT2D eigenvalue weighted by Gasteiger charge is 2.24. The van der Waals surface area contributed by atoms with Crippen molar-refractivity contribution in [3.63, 3.8) is 0 Å².